The van der Waals surface area contributed by atoms with E-state index in [1.54, 1.807) is 0 Å². The average molecular weight is 709 g/mol. The molecule has 0 radical (unpaired) electrons. The van der Waals surface area contributed by atoms with Crippen molar-refractivity contribution in [2.24, 2.45) is 38.7 Å². The quantitative estimate of drug-likeness (QED) is 0.0278. The number of amides is 4. The second-order valence-corrected chi connectivity index (χ2v) is 13.3. The highest BCUT2D eigenvalue weighted by Crippen LogP contribution is 2.12. The third-order valence-electron chi connectivity index (χ3n) is 8.61. The van der Waals surface area contributed by atoms with Crippen LogP contribution in [-0.2, 0) is 19.2 Å². The molecule has 0 aromatic heterocycles. The predicted molar refractivity (Wildman–Crippen MR) is 204 cm³/mol. The SMILES string of the molecule is CCCCCCCCCCCC(=O)NC(CCCN=C(N)N)C(=O)NCCCCCCCCCCCC(=O)NC(CCCN=C(N)N)C(N)=O. The van der Waals surface area contributed by atoms with Crippen molar-refractivity contribution >= 4 is 35.5 Å². The Labute approximate surface area is 301 Å². The Balaban J connectivity index is 4.11. The number of unbranched alkanes of at least 4 members (excludes halogenated alkanes) is 16. The minimum absolute atomic E-state index is 0.00795. The molecule has 0 bridgehead atoms. The van der Waals surface area contributed by atoms with E-state index in [1.165, 1.54) is 38.5 Å². The molecule has 2 atom stereocenters. The Bertz CT molecular complexity index is 969. The average Bonchev–Trinajstić information content (AvgIpc) is 3.06. The van der Waals surface area contributed by atoms with Gasteiger partial charge in [0.2, 0.25) is 23.6 Å². The number of nitrogens with zero attached hydrogens (tertiary/aromatic N) is 2. The molecule has 2 unspecified atom stereocenters. The van der Waals surface area contributed by atoms with Gasteiger partial charge in [0.1, 0.15) is 12.1 Å². The van der Waals surface area contributed by atoms with Crippen LogP contribution in [0.2, 0.25) is 0 Å². The van der Waals surface area contributed by atoms with E-state index in [4.69, 9.17) is 28.7 Å². The van der Waals surface area contributed by atoms with Crippen LogP contribution in [0.3, 0.4) is 0 Å². The Morgan fingerprint density at radius 2 is 0.880 bits per heavy atom. The molecule has 0 fully saturated rings. The second-order valence-electron chi connectivity index (χ2n) is 13.3. The number of nitrogens with two attached hydrogens (primary N) is 5. The van der Waals surface area contributed by atoms with Crippen LogP contribution in [0.5, 0.6) is 0 Å². The first kappa shape index (κ1) is 46.4. The molecular weight excluding hydrogens is 636 g/mol. The first-order valence-corrected chi connectivity index (χ1v) is 19.3. The molecule has 0 spiro atoms. The highest BCUT2D eigenvalue weighted by atomic mass is 16.2. The van der Waals surface area contributed by atoms with Gasteiger partial charge in [-0.15, -0.1) is 0 Å². The van der Waals surface area contributed by atoms with E-state index in [-0.39, 0.29) is 29.6 Å². The van der Waals surface area contributed by atoms with E-state index in [9.17, 15) is 19.2 Å². The van der Waals surface area contributed by atoms with Gasteiger partial charge in [0, 0.05) is 32.5 Å². The summed E-state index contributed by atoms with van der Waals surface area (Å²) in [6, 6.07) is -1.30. The van der Waals surface area contributed by atoms with Crippen LogP contribution in [0.25, 0.3) is 0 Å². The molecular formula is C36H72N10O4. The van der Waals surface area contributed by atoms with Crippen LogP contribution in [-0.4, -0.2) is 67.3 Å². The lowest BCUT2D eigenvalue weighted by Gasteiger charge is -2.18. The lowest BCUT2D eigenvalue weighted by atomic mass is 10.1. The molecule has 0 aromatic carbocycles. The molecule has 290 valence electrons. The molecule has 14 nitrogen and oxygen atoms in total. The van der Waals surface area contributed by atoms with Crippen LogP contribution in [0, 0.1) is 0 Å². The number of carbonyl (C=O) groups is 4. The maximum absolute atomic E-state index is 12.9. The second kappa shape index (κ2) is 32.6. The Hall–Kier alpha value is -3.58. The van der Waals surface area contributed by atoms with Crippen molar-refractivity contribution < 1.29 is 19.2 Å². The summed E-state index contributed by atoms with van der Waals surface area (Å²) in [5, 5.41) is 8.65. The predicted octanol–water partition coefficient (Wildman–Crippen LogP) is 3.49. The molecule has 0 aliphatic heterocycles. The van der Waals surface area contributed by atoms with Gasteiger partial charge in [0.05, 0.1) is 0 Å². The molecule has 0 saturated carbocycles. The number of guanidine groups is 2. The van der Waals surface area contributed by atoms with Crippen LogP contribution >= 0.6 is 0 Å². The maximum atomic E-state index is 12.9. The Morgan fingerprint density at radius 1 is 0.500 bits per heavy atom. The molecule has 0 aliphatic rings. The monoisotopic (exact) mass is 709 g/mol. The van der Waals surface area contributed by atoms with Crippen molar-refractivity contribution in [3.05, 3.63) is 0 Å². The smallest absolute Gasteiger partial charge is 0.242 e. The number of primary amides is 1. The number of carbonyl (C=O) groups excluding carboxylic acids is 4. The molecule has 0 saturated heterocycles. The van der Waals surface area contributed by atoms with Crippen molar-refractivity contribution in [1.82, 2.24) is 16.0 Å². The molecule has 50 heavy (non-hydrogen) atoms. The third kappa shape index (κ3) is 30.5. The van der Waals surface area contributed by atoms with Gasteiger partial charge in [-0.05, 0) is 44.9 Å². The van der Waals surface area contributed by atoms with Gasteiger partial charge in [-0.25, -0.2) is 0 Å². The highest BCUT2D eigenvalue weighted by Gasteiger charge is 2.20. The molecule has 4 amide bonds. The summed E-state index contributed by atoms with van der Waals surface area (Å²) in [5.74, 6) is -0.957. The molecule has 13 N–H and O–H groups in total. The van der Waals surface area contributed by atoms with Gasteiger partial charge in [-0.1, -0.05) is 103 Å². The lowest BCUT2D eigenvalue weighted by molar-refractivity contribution is -0.129. The summed E-state index contributed by atoms with van der Waals surface area (Å²) in [6.07, 6.45) is 22.6. The summed E-state index contributed by atoms with van der Waals surface area (Å²) in [6.45, 7) is 3.59. The van der Waals surface area contributed by atoms with E-state index in [0.717, 1.165) is 77.0 Å². The van der Waals surface area contributed by atoms with E-state index in [2.05, 4.69) is 32.9 Å². The lowest BCUT2D eigenvalue weighted by Crippen LogP contribution is -2.47. The molecule has 0 aromatic rings. The van der Waals surface area contributed by atoms with Crippen molar-refractivity contribution in [2.75, 3.05) is 19.6 Å². The number of rotatable bonds is 34. The normalized spacial score (nSPS) is 12.0. The molecule has 0 rings (SSSR count). The standard InChI is InChI=1S/C36H72N10O4/c1-2-3-4-5-6-8-11-15-18-25-32(48)46-30(23-21-28-44-36(40)41)34(50)42-26-19-16-13-10-7-9-12-14-17-24-31(47)45-29(33(37)49)22-20-27-43-35(38)39/h29-30H,2-28H2,1H3,(H2,37,49)(H,42,50)(H,45,47)(H,46,48)(H4,38,39,43)(H4,40,41,44). The van der Waals surface area contributed by atoms with Gasteiger partial charge in [0.15, 0.2) is 11.9 Å². The minimum atomic E-state index is -0.714. The zero-order valence-corrected chi connectivity index (χ0v) is 31.2. The first-order valence-electron chi connectivity index (χ1n) is 19.3. The maximum Gasteiger partial charge on any atom is 0.242 e. The summed E-state index contributed by atoms with van der Waals surface area (Å²) < 4.78 is 0. The molecule has 0 heterocycles. The summed E-state index contributed by atoms with van der Waals surface area (Å²) in [4.78, 5) is 57.2. The third-order valence-corrected chi connectivity index (χ3v) is 8.61. The zero-order chi connectivity index (χ0) is 37.2. The van der Waals surface area contributed by atoms with Crippen LogP contribution < -0.4 is 44.6 Å². The van der Waals surface area contributed by atoms with E-state index in [0.29, 0.717) is 58.2 Å². The summed E-state index contributed by atoms with van der Waals surface area (Å²) in [7, 11) is 0. The largest absolute Gasteiger partial charge is 0.370 e. The fourth-order valence-corrected chi connectivity index (χ4v) is 5.67. The van der Waals surface area contributed by atoms with Gasteiger partial charge >= 0.3 is 0 Å². The Morgan fingerprint density at radius 3 is 1.30 bits per heavy atom. The van der Waals surface area contributed by atoms with E-state index >= 15 is 0 Å². The minimum Gasteiger partial charge on any atom is -0.370 e. The van der Waals surface area contributed by atoms with Gasteiger partial charge in [-0.2, -0.15) is 0 Å². The fraction of sp³-hybridized carbons (Fsp3) is 0.833. The Kier molecular flexibility index (Phi) is 30.3. The van der Waals surface area contributed by atoms with Crippen LogP contribution in [0.1, 0.15) is 161 Å². The number of hydrogen-bond donors (Lipinski definition) is 8. The van der Waals surface area contributed by atoms with Crippen molar-refractivity contribution in [2.45, 2.75) is 173 Å². The fourth-order valence-electron chi connectivity index (χ4n) is 5.67. The number of aliphatic imine (C=N–C) groups is 2. The molecule has 14 heteroatoms. The highest BCUT2D eigenvalue weighted by molar-refractivity contribution is 5.87. The van der Waals surface area contributed by atoms with Crippen molar-refractivity contribution in [3.8, 4) is 0 Å². The number of hydrogen-bond acceptors (Lipinski definition) is 6. The number of nitrogens with one attached hydrogen (secondary N) is 3. The van der Waals surface area contributed by atoms with Gasteiger partial charge in [0.25, 0.3) is 0 Å². The zero-order valence-electron chi connectivity index (χ0n) is 31.2. The van der Waals surface area contributed by atoms with E-state index in [1.807, 2.05) is 0 Å². The summed E-state index contributed by atoms with van der Waals surface area (Å²) >= 11 is 0. The van der Waals surface area contributed by atoms with Crippen molar-refractivity contribution in [3.63, 3.8) is 0 Å². The van der Waals surface area contributed by atoms with Crippen LogP contribution in [0.15, 0.2) is 9.98 Å². The van der Waals surface area contributed by atoms with Crippen molar-refractivity contribution in [1.29, 1.82) is 0 Å². The van der Waals surface area contributed by atoms with E-state index < -0.39 is 18.0 Å². The topological polar surface area (TPSA) is 259 Å². The van der Waals surface area contributed by atoms with Gasteiger partial charge < -0.3 is 44.6 Å². The van der Waals surface area contributed by atoms with Gasteiger partial charge in [-0.3, -0.25) is 29.2 Å². The summed E-state index contributed by atoms with van der Waals surface area (Å²) in [5.41, 5.74) is 26.8. The molecule has 0 aliphatic carbocycles. The first-order chi connectivity index (χ1) is 24.1. The van der Waals surface area contributed by atoms with Crippen LogP contribution in [0.4, 0.5) is 0 Å².